The van der Waals surface area contributed by atoms with Crippen LogP contribution in [0.3, 0.4) is 0 Å². The number of hydrogen-bond acceptors (Lipinski definition) is 2. The molecule has 28 heavy (non-hydrogen) atoms. The molecule has 1 aliphatic carbocycles. The molecular formula is C25H28BNO. The fourth-order valence-electron chi connectivity index (χ4n) is 5.31. The first-order chi connectivity index (χ1) is 13.7. The molecule has 2 saturated heterocycles. The van der Waals surface area contributed by atoms with E-state index in [2.05, 4.69) is 91.5 Å². The fraction of sp³-hybridized carbons (Fsp3) is 0.360. The summed E-state index contributed by atoms with van der Waals surface area (Å²) in [5, 5.41) is 0. The average Bonchev–Trinajstić information content (AvgIpc) is 3.32. The molecule has 3 atom stereocenters. The summed E-state index contributed by atoms with van der Waals surface area (Å²) in [4.78, 5) is 2.61. The van der Waals surface area contributed by atoms with Gasteiger partial charge in [0.25, 0.3) is 0 Å². The highest BCUT2D eigenvalue weighted by Crippen LogP contribution is 2.50. The molecule has 2 unspecified atom stereocenters. The zero-order valence-corrected chi connectivity index (χ0v) is 16.8. The maximum Gasteiger partial charge on any atom is 0.420 e. The second-order valence-electron chi connectivity index (χ2n) is 8.56. The summed E-state index contributed by atoms with van der Waals surface area (Å²) in [5.41, 5.74) is 4.85. The molecule has 2 aliphatic heterocycles. The Hall–Kier alpha value is -2.10. The standard InChI is InChI=1S/C25H28BNO/c1-19-14-16-22(17-15-19)25(21-10-4-3-5-11-21)24-13-8-18-27(24)26(28-25)23-12-7-6-9-20(23)2/h3-7,9-12,14,16-17,19,24H,8,13,15,18H2,1-2H3/t19?,24-,25?/m0/s1. The van der Waals surface area contributed by atoms with Crippen molar-refractivity contribution in [3.05, 3.63) is 89.5 Å². The van der Waals surface area contributed by atoms with Crippen LogP contribution in [0.2, 0.25) is 0 Å². The minimum absolute atomic E-state index is 0.0163. The third kappa shape index (κ3) is 2.72. The lowest BCUT2D eigenvalue weighted by atomic mass is 9.70. The van der Waals surface area contributed by atoms with E-state index < -0.39 is 0 Å². The molecule has 2 nitrogen and oxygen atoms in total. The van der Waals surface area contributed by atoms with Gasteiger partial charge in [0.2, 0.25) is 0 Å². The molecule has 142 valence electrons. The third-order valence-electron chi connectivity index (χ3n) is 6.76. The quantitative estimate of drug-likeness (QED) is 0.733. The average molecular weight is 369 g/mol. The van der Waals surface area contributed by atoms with Crippen LogP contribution in [-0.2, 0) is 10.3 Å². The lowest BCUT2D eigenvalue weighted by Gasteiger charge is -2.38. The number of hydrogen-bond donors (Lipinski definition) is 0. The Morgan fingerprint density at radius 3 is 2.61 bits per heavy atom. The van der Waals surface area contributed by atoms with Gasteiger partial charge in [0.1, 0.15) is 5.60 Å². The van der Waals surface area contributed by atoms with Gasteiger partial charge in [-0.2, -0.15) is 0 Å². The van der Waals surface area contributed by atoms with Gasteiger partial charge >= 0.3 is 7.05 Å². The molecule has 2 aromatic carbocycles. The number of nitrogens with zero attached hydrogens (tertiary/aromatic N) is 1. The molecule has 3 aliphatic rings. The van der Waals surface area contributed by atoms with Gasteiger partial charge in [-0.05, 0) is 55.2 Å². The molecule has 0 bridgehead atoms. The van der Waals surface area contributed by atoms with Crippen LogP contribution in [0, 0.1) is 12.8 Å². The Morgan fingerprint density at radius 1 is 1.07 bits per heavy atom. The minimum Gasteiger partial charge on any atom is -0.402 e. The second-order valence-corrected chi connectivity index (χ2v) is 8.56. The van der Waals surface area contributed by atoms with Crippen molar-refractivity contribution in [2.75, 3.05) is 6.54 Å². The van der Waals surface area contributed by atoms with E-state index in [0.717, 1.165) is 13.0 Å². The molecule has 0 saturated carbocycles. The van der Waals surface area contributed by atoms with Gasteiger partial charge in [-0.25, -0.2) is 0 Å². The zero-order chi connectivity index (χ0) is 19.1. The lowest BCUT2D eigenvalue weighted by molar-refractivity contribution is 0.105. The van der Waals surface area contributed by atoms with Gasteiger partial charge in [-0.3, -0.25) is 0 Å². The van der Waals surface area contributed by atoms with E-state index in [1.54, 1.807) is 0 Å². The first-order valence-electron chi connectivity index (χ1n) is 10.6. The first-order valence-corrected chi connectivity index (χ1v) is 10.6. The van der Waals surface area contributed by atoms with Crippen molar-refractivity contribution in [2.24, 2.45) is 5.92 Å². The fourth-order valence-corrected chi connectivity index (χ4v) is 5.31. The van der Waals surface area contributed by atoms with Crippen molar-refractivity contribution in [3.8, 4) is 0 Å². The van der Waals surface area contributed by atoms with Gasteiger partial charge in [0.15, 0.2) is 0 Å². The maximum atomic E-state index is 7.15. The van der Waals surface area contributed by atoms with Crippen LogP contribution in [0.1, 0.15) is 37.3 Å². The summed E-state index contributed by atoms with van der Waals surface area (Å²) < 4.78 is 7.15. The molecule has 0 radical (unpaired) electrons. The van der Waals surface area contributed by atoms with Crippen LogP contribution in [0.5, 0.6) is 0 Å². The Balaban J connectivity index is 1.67. The van der Waals surface area contributed by atoms with Crippen molar-refractivity contribution in [3.63, 3.8) is 0 Å². The predicted octanol–water partition coefficient (Wildman–Crippen LogP) is 4.60. The van der Waals surface area contributed by atoms with Crippen molar-refractivity contribution < 1.29 is 4.65 Å². The molecule has 2 aromatic rings. The van der Waals surface area contributed by atoms with Gasteiger partial charge in [0.05, 0.1) is 0 Å². The van der Waals surface area contributed by atoms with Crippen LogP contribution in [0.4, 0.5) is 0 Å². The smallest absolute Gasteiger partial charge is 0.402 e. The normalized spacial score (nSPS) is 29.8. The van der Waals surface area contributed by atoms with Crippen LogP contribution < -0.4 is 5.46 Å². The molecule has 5 rings (SSSR count). The van der Waals surface area contributed by atoms with E-state index in [-0.39, 0.29) is 12.7 Å². The molecular weight excluding hydrogens is 341 g/mol. The number of fused-ring (bicyclic) bond motifs is 1. The van der Waals surface area contributed by atoms with Crippen molar-refractivity contribution in [1.82, 2.24) is 4.81 Å². The Bertz CT molecular complexity index is 921. The number of benzene rings is 2. The minimum atomic E-state index is -0.388. The Kier molecular flexibility index (Phi) is 4.53. The molecule has 0 spiro atoms. The Labute approximate surface area is 169 Å². The summed E-state index contributed by atoms with van der Waals surface area (Å²) in [7, 11) is 0.0163. The zero-order valence-electron chi connectivity index (χ0n) is 16.8. The van der Waals surface area contributed by atoms with Crippen LogP contribution in [0.15, 0.2) is 78.4 Å². The monoisotopic (exact) mass is 369 g/mol. The van der Waals surface area contributed by atoms with Gasteiger partial charge < -0.3 is 9.47 Å². The molecule has 3 heteroatoms. The highest BCUT2D eigenvalue weighted by atomic mass is 16.5. The van der Waals surface area contributed by atoms with Gasteiger partial charge in [0, 0.05) is 6.04 Å². The lowest BCUT2D eigenvalue weighted by Crippen LogP contribution is -2.46. The summed E-state index contributed by atoms with van der Waals surface area (Å²) in [6.45, 7) is 5.59. The SMILES string of the molecule is Cc1ccccc1B1OC(C2=CCC(C)C=C2)(c2ccccc2)[C@@H]2CCCN12. The summed E-state index contributed by atoms with van der Waals surface area (Å²) >= 11 is 0. The van der Waals surface area contributed by atoms with E-state index in [4.69, 9.17) is 4.65 Å². The van der Waals surface area contributed by atoms with Crippen LogP contribution in [-0.4, -0.2) is 24.4 Å². The summed E-state index contributed by atoms with van der Waals surface area (Å²) in [6.07, 6.45) is 10.6. The summed E-state index contributed by atoms with van der Waals surface area (Å²) in [5.74, 6) is 0.602. The molecule has 0 N–H and O–H groups in total. The van der Waals surface area contributed by atoms with Crippen LogP contribution in [0.25, 0.3) is 0 Å². The number of aryl methyl sites for hydroxylation is 1. The van der Waals surface area contributed by atoms with Crippen molar-refractivity contribution >= 4 is 12.5 Å². The summed E-state index contributed by atoms with van der Waals surface area (Å²) in [6, 6.07) is 20.0. The molecule has 0 aromatic heterocycles. The van der Waals surface area contributed by atoms with E-state index in [1.807, 2.05) is 0 Å². The van der Waals surface area contributed by atoms with Gasteiger partial charge in [-0.1, -0.05) is 85.3 Å². The van der Waals surface area contributed by atoms with Crippen molar-refractivity contribution in [1.29, 1.82) is 0 Å². The highest BCUT2D eigenvalue weighted by Gasteiger charge is 2.59. The Morgan fingerprint density at radius 2 is 1.86 bits per heavy atom. The topological polar surface area (TPSA) is 12.5 Å². The largest absolute Gasteiger partial charge is 0.420 e. The van der Waals surface area contributed by atoms with Crippen molar-refractivity contribution in [2.45, 2.75) is 44.8 Å². The first kappa shape index (κ1) is 18.0. The van der Waals surface area contributed by atoms with E-state index in [1.165, 1.54) is 35.0 Å². The predicted molar refractivity (Wildman–Crippen MR) is 117 cm³/mol. The molecule has 0 amide bonds. The third-order valence-corrected chi connectivity index (χ3v) is 6.76. The van der Waals surface area contributed by atoms with Gasteiger partial charge in [-0.15, -0.1) is 0 Å². The van der Waals surface area contributed by atoms with E-state index >= 15 is 0 Å². The number of allylic oxidation sites excluding steroid dienone is 2. The maximum absolute atomic E-state index is 7.15. The molecule has 2 fully saturated rings. The number of rotatable bonds is 3. The second kappa shape index (κ2) is 7.06. The van der Waals surface area contributed by atoms with E-state index in [0.29, 0.717) is 12.0 Å². The molecule has 2 heterocycles. The highest BCUT2D eigenvalue weighted by molar-refractivity contribution is 6.66. The van der Waals surface area contributed by atoms with E-state index in [9.17, 15) is 0 Å². The van der Waals surface area contributed by atoms with Crippen LogP contribution >= 0.6 is 0 Å².